The van der Waals surface area contributed by atoms with E-state index in [4.69, 9.17) is 14.9 Å². The molecule has 0 bridgehead atoms. The first-order valence-corrected chi connectivity index (χ1v) is 12.8. The first kappa shape index (κ1) is 28.9. The Bertz CT molecular complexity index is 1220. The molecule has 1 amide bonds. The smallest absolute Gasteiger partial charge is 0.273 e. The molecule has 10 nitrogen and oxygen atoms in total. The summed E-state index contributed by atoms with van der Waals surface area (Å²) >= 11 is 0. The molecule has 10 heteroatoms. The van der Waals surface area contributed by atoms with E-state index in [0.29, 0.717) is 49.0 Å². The second-order valence-electron chi connectivity index (χ2n) is 10.1. The summed E-state index contributed by atoms with van der Waals surface area (Å²) in [6, 6.07) is 5.39. The molecule has 2 aromatic rings. The number of pyridine rings is 1. The zero-order valence-corrected chi connectivity index (χ0v) is 23.4. The molecule has 1 aliphatic heterocycles. The molecule has 0 atom stereocenters. The van der Waals surface area contributed by atoms with Crippen LogP contribution in [0.4, 0.5) is 5.69 Å². The molecule has 1 aromatic heterocycles. The van der Waals surface area contributed by atoms with Gasteiger partial charge in [-0.2, -0.15) is 0 Å². The quantitative estimate of drug-likeness (QED) is 0.382. The van der Waals surface area contributed by atoms with Crippen LogP contribution in [0.15, 0.2) is 18.2 Å². The number of nitrogens with zero attached hydrogens (tertiary/aromatic N) is 3. The van der Waals surface area contributed by atoms with Crippen molar-refractivity contribution in [2.75, 3.05) is 51.9 Å². The van der Waals surface area contributed by atoms with Crippen molar-refractivity contribution in [3.8, 4) is 11.5 Å². The number of likely N-dealkylation sites (N-methyl/N-ethyl adjacent to an activating group) is 1. The fourth-order valence-corrected chi connectivity index (χ4v) is 4.59. The van der Waals surface area contributed by atoms with Crippen LogP contribution in [-0.4, -0.2) is 79.5 Å². The lowest BCUT2D eigenvalue weighted by atomic mass is 9.84. The van der Waals surface area contributed by atoms with Gasteiger partial charge < -0.3 is 29.7 Å². The van der Waals surface area contributed by atoms with Gasteiger partial charge in [0, 0.05) is 43.4 Å². The average Bonchev–Trinajstić information content (AvgIpc) is 3.18. The standard InChI is InChI=1S/C28H39N5O5/c1-8-32(10-11-34)20-13-17(12-19(25(20)37-7)28(3,4)5)21(35)16-33-15-18-14-22(38-9-2)24(27(36)30-6)31-23(18)26(33)29/h12-14,29,34H,8-11,15-16H2,1-7H3,(H,30,36). The number of nitrogens with one attached hydrogen (secondary N) is 2. The normalized spacial score (nSPS) is 12.8. The van der Waals surface area contributed by atoms with Crippen molar-refractivity contribution in [3.05, 3.63) is 46.3 Å². The fourth-order valence-electron chi connectivity index (χ4n) is 4.59. The molecule has 0 aliphatic carbocycles. The third kappa shape index (κ3) is 5.75. The number of ether oxygens (including phenoxy) is 2. The topological polar surface area (TPSA) is 128 Å². The van der Waals surface area contributed by atoms with Crippen molar-refractivity contribution in [1.82, 2.24) is 15.2 Å². The van der Waals surface area contributed by atoms with Crippen LogP contribution in [-0.2, 0) is 12.0 Å². The third-order valence-corrected chi connectivity index (χ3v) is 6.54. The van der Waals surface area contributed by atoms with Crippen molar-refractivity contribution in [3.63, 3.8) is 0 Å². The Morgan fingerprint density at radius 1 is 1.24 bits per heavy atom. The Kier molecular flexibility index (Phi) is 8.98. The van der Waals surface area contributed by atoms with Gasteiger partial charge in [0.2, 0.25) is 0 Å². The molecule has 38 heavy (non-hydrogen) atoms. The van der Waals surface area contributed by atoms with Crippen LogP contribution in [0, 0.1) is 5.41 Å². The van der Waals surface area contributed by atoms with E-state index in [1.807, 2.05) is 24.8 Å². The fraction of sp³-hybridized carbons (Fsp3) is 0.500. The minimum Gasteiger partial charge on any atom is -0.494 e. The molecule has 0 spiro atoms. The van der Waals surface area contributed by atoms with Gasteiger partial charge >= 0.3 is 0 Å². The predicted octanol–water partition coefficient (Wildman–Crippen LogP) is 2.99. The summed E-state index contributed by atoms with van der Waals surface area (Å²) in [7, 11) is 3.13. The van der Waals surface area contributed by atoms with Crippen molar-refractivity contribution in [1.29, 1.82) is 5.41 Å². The summed E-state index contributed by atoms with van der Waals surface area (Å²) < 4.78 is 11.4. The SMILES string of the molecule is CCOc1cc2c(nc1C(=O)NC)C(=N)N(CC(=O)c1cc(N(CC)CCO)c(OC)c(C(C)(C)C)c1)C2. The summed E-state index contributed by atoms with van der Waals surface area (Å²) in [6.45, 7) is 11.6. The number of Topliss-reactive ketones (excluding diaryl/α,β-unsaturated/α-hetero) is 1. The van der Waals surface area contributed by atoms with Crippen LogP contribution in [0.3, 0.4) is 0 Å². The lowest BCUT2D eigenvalue weighted by molar-refractivity contribution is 0.0949. The highest BCUT2D eigenvalue weighted by Gasteiger charge is 2.32. The van der Waals surface area contributed by atoms with Crippen LogP contribution in [0.25, 0.3) is 0 Å². The lowest BCUT2D eigenvalue weighted by Gasteiger charge is -2.30. The maximum absolute atomic E-state index is 13.6. The molecule has 3 N–H and O–H groups in total. The molecule has 3 rings (SSSR count). The number of fused-ring (bicyclic) bond motifs is 1. The number of aromatic nitrogens is 1. The first-order chi connectivity index (χ1) is 18.0. The Hall–Kier alpha value is -3.66. The van der Waals surface area contributed by atoms with E-state index in [9.17, 15) is 14.7 Å². The van der Waals surface area contributed by atoms with Gasteiger partial charge in [0.15, 0.2) is 17.2 Å². The summed E-state index contributed by atoms with van der Waals surface area (Å²) in [5.74, 6) is 0.558. The van der Waals surface area contributed by atoms with Gasteiger partial charge in [-0.05, 0) is 37.5 Å². The number of rotatable bonds is 11. The van der Waals surface area contributed by atoms with E-state index in [2.05, 4.69) is 31.1 Å². The summed E-state index contributed by atoms with van der Waals surface area (Å²) in [4.78, 5) is 34.1. The molecule has 2 heterocycles. The second-order valence-corrected chi connectivity index (χ2v) is 10.1. The minimum absolute atomic E-state index is 0.0298. The van der Waals surface area contributed by atoms with Gasteiger partial charge in [-0.1, -0.05) is 20.8 Å². The van der Waals surface area contributed by atoms with Crippen LogP contribution in [0.5, 0.6) is 11.5 Å². The minimum atomic E-state index is -0.401. The van der Waals surface area contributed by atoms with Crippen LogP contribution in [0.2, 0.25) is 0 Å². The molecule has 1 aliphatic rings. The number of carbonyl (C=O) groups excluding carboxylic acids is 2. The number of methoxy groups -OCH3 is 1. The highest BCUT2D eigenvalue weighted by Crippen LogP contribution is 2.40. The van der Waals surface area contributed by atoms with Gasteiger partial charge in [-0.25, -0.2) is 4.98 Å². The number of benzene rings is 1. The monoisotopic (exact) mass is 525 g/mol. The molecular weight excluding hydrogens is 486 g/mol. The predicted molar refractivity (Wildman–Crippen MR) is 147 cm³/mol. The number of carbonyl (C=O) groups is 2. The largest absolute Gasteiger partial charge is 0.494 e. The Balaban J connectivity index is 1.98. The molecule has 1 aromatic carbocycles. The van der Waals surface area contributed by atoms with E-state index < -0.39 is 5.91 Å². The van der Waals surface area contributed by atoms with E-state index in [1.165, 1.54) is 7.05 Å². The van der Waals surface area contributed by atoms with Crippen LogP contribution in [0.1, 0.15) is 72.3 Å². The number of hydrogen-bond acceptors (Lipinski definition) is 8. The maximum atomic E-state index is 13.6. The van der Waals surface area contributed by atoms with Gasteiger partial charge in [-0.15, -0.1) is 0 Å². The lowest BCUT2D eigenvalue weighted by Crippen LogP contribution is -2.31. The summed E-state index contributed by atoms with van der Waals surface area (Å²) in [5.41, 5.74) is 3.04. The van der Waals surface area contributed by atoms with Gasteiger partial charge in [-0.3, -0.25) is 15.0 Å². The van der Waals surface area contributed by atoms with Crippen molar-refractivity contribution >= 4 is 23.2 Å². The molecule has 206 valence electrons. The number of hydrogen-bond donors (Lipinski definition) is 3. The molecule has 0 unspecified atom stereocenters. The highest BCUT2D eigenvalue weighted by molar-refractivity contribution is 6.06. The molecule has 0 saturated heterocycles. The highest BCUT2D eigenvalue weighted by atomic mass is 16.5. The third-order valence-electron chi connectivity index (χ3n) is 6.54. The molecule has 0 radical (unpaired) electrons. The van der Waals surface area contributed by atoms with Crippen LogP contribution >= 0.6 is 0 Å². The van der Waals surface area contributed by atoms with E-state index in [0.717, 1.165) is 16.8 Å². The number of amides is 1. The van der Waals surface area contributed by atoms with Gasteiger partial charge in [0.1, 0.15) is 17.3 Å². The summed E-state index contributed by atoms with van der Waals surface area (Å²) in [5, 5.41) is 20.9. The Morgan fingerprint density at radius 2 is 1.95 bits per heavy atom. The van der Waals surface area contributed by atoms with Crippen molar-refractivity contribution in [2.24, 2.45) is 0 Å². The maximum Gasteiger partial charge on any atom is 0.273 e. The number of aliphatic hydroxyl groups is 1. The van der Waals surface area contributed by atoms with Gasteiger partial charge in [0.05, 0.1) is 32.6 Å². The zero-order valence-electron chi connectivity index (χ0n) is 23.4. The molecular formula is C28H39N5O5. The van der Waals surface area contributed by atoms with E-state index >= 15 is 0 Å². The number of aliphatic hydroxyl groups excluding tert-OH is 1. The first-order valence-electron chi connectivity index (χ1n) is 12.8. The second kappa shape index (κ2) is 11.8. The number of ketones is 1. The molecule has 0 fully saturated rings. The number of anilines is 1. The van der Waals surface area contributed by atoms with E-state index in [-0.39, 0.29) is 35.9 Å². The zero-order chi connectivity index (χ0) is 28.2. The van der Waals surface area contributed by atoms with Gasteiger partial charge in [0.25, 0.3) is 5.91 Å². The van der Waals surface area contributed by atoms with Crippen molar-refractivity contribution in [2.45, 2.75) is 46.6 Å². The average molecular weight is 526 g/mol. The Labute approximate surface area is 224 Å². The molecule has 0 saturated carbocycles. The summed E-state index contributed by atoms with van der Waals surface area (Å²) in [6.07, 6.45) is 0. The Morgan fingerprint density at radius 3 is 2.50 bits per heavy atom. The van der Waals surface area contributed by atoms with E-state index in [1.54, 1.807) is 24.1 Å². The van der Waals surface area contributed by atoms with Crippen LogP contribution < -0.4 is 19.7 Å². The van der Waals surface area contributed by atoms with Crippen molar-refractivity contribution < 1.29 is 24.2 Å². The number of amidine groups is 1.